The van der Waals surface area contributed by atoms with Crippen LogP contribution < -0.4 is 5.14 Å². The number of hydrogen-bond donors (Lipinski definition) is 1. The van der Waals surface area contributed by atoms with Crippen molar-refractivity contribution in [1.82, 2.24) is 4.98 Å². The van der Waals surface area contributed by atoms with Gasteiger partial charge < -0.3 is 0 Å². The summed E-state index contributed by atoms with van der Waals surface area (Å²) in [4.78, 5) is 5.75. The fourth-order valence-corrected chi connectivity index (χ4v) is 4.10. The molecule has 0 spiro atoms. The predicted octanol–water partition coefficient (Wildman–Crippen LogP) is 4.56. The largest absolute Gasteiger partial charge is 0.240 e. The summed E-state index contributed by atoms with van der Waals surface area (Å²) in [5, 5.41) is 6.12. The Morgan fingerprint density at radius 3 is 2.00 bits per heavy atom. The first-order chi connectivity index (χ1) is 12.1. The van der Waals surface area contributed by atoms with Crippen LogP contribution in [0.4, 0.5) is 4.39 Å². The van der Waals surface area contributed by atoms with Gasteiger partial charge in [0.2, 0.25) is 10.0 Å². The lowest BCUT2D eigenvalue weighted by atomic mass is 9.98. The minimum Gasteiger partial charge on any atom is -0.240 e. The highest BCUT2D eigenvalue weighted by molar-refractivity contribution is 7.89. The third-order valence-electron chi connectivity index (χ3n) is 3.83. The van der Waals surface area contributed by atoms with Gasteiger partial charge in [0, 0.05) is 11.0 Å². The normalized spacial score (nSPS) is 12.3. The third-order valence-corrected chi connectivity index (χ3v) is 6.29. The Kier molecular flexibility index (Phi) is 4.72. The third kappa shape index (κ3) is 3.85. The van der Waals surface area contributed by atoms with Gasteiger partial charge in [-0.05, 0) is 42.0 Å². The average molecular weight is 391 g/mol. The van der Waals surface area contributed by atoms with Crippen LogP contribution in [0, 0.1) is 5.82 Å². The Bertz CT molecular complexity index is 1030. The van der Waals surface area contributed by atoms with Crippen molar-refractivity contribution in [2.75, 3.05) is 0 Å². The van der Waals surface area contributed by atoms with E-state index in [-0.39, 0.29) is 16.1 Å². The maximum Gasteiger partial charge on any atom is 0.238 e. The number of aromatic nitrogens is 1. The maximum absolute atomic E-state index is 13.3. The van der Waals surface area contributed by atoms with Gasteiger partial charge in [0.05, 0.1) is 20.5 Å². The van der Waals surface area contributed by atoms with Crippen molar-refractivity contribution in [3.8, 4) is 21.7 Å². The van der Waals surface area contributed by atoms with Gasteiger partial charge in [0.25, 0.3) is 0 Å². The van der Waals surface area contributed by atoms with Gasteiger partial charge in [-0.1, -0.05) is 32.9 Å². The molecule has 0 amide bonds. The lowest BCUT2D eigenvalue weighted by molar-refractivity contribution is 0.586. The van der Waals surface area contributed by atoms with Crippen LogP contribution in [0.3, 0.4) is 0 Å². The smallest absolute Gasteiger partial charge is 0.238 e. The Labute approximate surface area is 156 Å². The number of halogens is 1. The van der Waals surface area contributed by atoms with Crippen LogP contribution in [-0.4, -0.2) is 13.4 Å². The van der Waals surface area contributed by atoms with E-state index >= 15 is 0 Å². The minimum absolute atomic E-state index is 0.0603. The Hall–Kier alpha value is -2.09. The lowest BCUT2D eigenvalue weighted by Gasteiger charge is -2.13. The van der Waals surface area contributed by atoms with E-state index in [0.717, 1.165) is 26.7 Å². The summed E-state index contributed by atoms with van der Waals surface area (Å²) in [7, 11) is -3.74. The Morgan fingerprint density at radius 2 is 1.50 bits per heavy atom. The molecule has 4 nitrogen and oxygen atoms in total. The van der Waals surface area contributed by atoms with Crippen LogP contribution >= 0.6 is 11.3 Å². The summed E-state index contributed by atoms with van der Waals surface area (Å²) in [6.45, 7) is 6.23. The van der Waals surface area contributed by atoms with Crippen LogP contribution in [0.25, 0.3) is 21.7 Å². The molecule has 2 aromatic carbocycles. The zero-order valence-electron chi connectivity index (χ0n) is 14.7. The quantitative estimate of drug-likeness (QED) is 0.712. The minimum atomic E-state index is -3.74. The molecule has 0 aliphatic rings. The molecule has 0 aliphatic carbocycles. The highest BCUT2D eigenvalue weighted by Gasteiger charge is 2.23. The number of sulfonamides is 1. The van der Waals surface area contributed by atoms with Crippen LogP contribution in [0.1, 0.15) is 25.8 Å². The van der Waals surface area contributed by atoms with Gasteiger partial charge >= 0.3 is 0 Å². The van der Waals surface area contributed by atoms with Crippen molar-refractivity contribution in [3.05, 3.63) is 59.4 Å². The molecule has 3 rings (SSSR count). The van der Waals surface area contributed by atoms with Crippen molar-refractivity contribution in [1.29, 1.82) is 0 Å². The molecule has 0 fully saturated rings. The molecule has 3 aromatic rings. The van der Waals surface area contributed by atoms with Crippen molar-refractivity contribution in [2.45, 2.75) is 31.1 Å². The second-order valence-electron chi connectivity index (χ2n) is 7.02. The second-order valence-corrected chi connectivity index (χ2v) is 9.58. The van der Waals surface area contributed by atoms with Crippen LogP contribution in [-0.2, 0) is 15.4 Å². The van der Waals surface area contributed by atoms with Gasteiger partial charge in [-0.3, -0.25) is 0 Å². The summed E-state index contributed by atoms with van der Waals surface area (Å²) < 4.78 is 36.2. The summed E-state index contributed by atoms with van der Waals surface area (Å²) in [6, 6.07) is 12.6. The number of hydrogen-bond acceptors (Lipinski definition) is 4. The molecule has 0 saturated carbocycles. The molecule has 136 valence electrons. The zero-order valence-corrected chi connectivity index (χ0v) is 16.3. The van der Waals surface area contributed by atoms with Gasteiger partial charge in [0.1, 0.15) is 5.82 Å². The van der Waals surface area contributed by atoms with E-state index < -0.39 is 10.0 Å². The molecule has 0 atom stereocenters. The molecule has 2 N–H and O–H groups in total. The molecular formula is C19H19FN2O2S2. The lowest BCUT2D eigenvalue weighted by Crippen LogP contribution is -2.11. The molecule has 1 aromatic heterocycles. The van der Waals surface area contributed by atoms with Crippen LogP contribution in [0.5, 0.6) is 0 Å². The highest BCUT2D eigenvalue weighted by atomic mass is 32.2. The van der Waals surface area contributed by atoms with Crippen molar-refractivity contribution >= 4 is 21.4 Å². The number of primary sulfonamides is 1. The van der Waals surface area contributed by atoms with Gasteiger partial charge in [-0.25, -0.2) is 22.9 Å². The molecule has 26 heavy (non-hydrogen) atoms. The molecule has 0 saturated heterocycles. The molecule has 7 heteroatoms. The van der Waals surface area contributed by atoms with E-state index in [9.17, 15) is 12.8 Å². The Morgan fingerprint density at radius 1 is 0.962 bits per heavy atom. The molecule has 1 heterocycles. The molecule has 0 unspecified atom stereocenters. The fraction of sp³-hybridized carbons (Fsp3) is 0.211. The highest BCUT2D eigenvalue weighted by Crippen LogP contribution is 2.40. The summed E-state index contributed by atoms with van der Waals surface area (Å²) in [5.41, 5.74) is 2.26. The first-order valence-electron chi connectivity index (χ1n) is 7.96. The van der Waals surface area contributed by atoms with E-state index in [2.05, 4.69) is 20.8 Å². The number of benzene rings is 2. The van der Waals surface area contributed by atoms with Crippen LogP contribution in [0.2, 0.25) is 0 Å². The van der Waals surface area contributed by atoms with Gasteiger partial charge in [0.15, 0.2) is 0 Å². The van der Waals surface area contributed by atoms with E-state index in [0.29, 0.717) is 0 Å². The van der Waals surface area contributed by atoms with Crippen molar-refractivity contribution < 1.29 is 12.8 Å². The molecule has 0 bridgehead atoms. The second kappa shape index (κ2) is 6.57. The van der Waals surface area contributed by atoms with E-state index in [1.54, 1.807) is 35.6 Å². The molecular weight excluding hydrogens is 371 g/mol. The molecule has 0 aliphatic heterocycles. The van der Waals surface area contributed by atoms with Gasteiger partial charge in [-0.2, -0.15) is 0 Å². The summed E-state index contributed by atoms with van der Waals surface area (Å²) >= 11 is 1.55. The first-order valence-corrected chi connectivity index (χ1v) is 10.3. The predicted molar refractivity (Wildman–Crippen MR) is 103 cm³/mol. The van der Waals surface area contributed by atoms with E-state index in [1.165, 1.54) is 24.3 Å². The van der Waals surface area contributed by atoms with Gasteiger partial charge in [-0.15, -0.1) is 11.3 Å². The number of nitrogens with two attached hydrogens (primary N) is 1. The summed E-state index contributed by atoms with van der Waals surface area (Å²) in [5.74, 6) is -0.306. The summed E-state index contributed by atoms with van der Waals surface area (Å²) in [6.07, 6.45) is 0. The Balaban J connectivity index is 2.16. The SMILES string of the molecule is CC(C)(C)c1nc(-c2ccc(F)cc2)c(-c2ccc(S(N)(=O)=O)cc2)s1. The average Bonchev–Trinajstić information content (AvgIpc) is 3.00. The number of thiazole rings is 1. The van der Waals surface area contributed by atoms with Crippen molar-refractivity contribution in [3.63, 3.8) is 0 Å². The maximum atomic E-state index is 13.3. The number of rotatable bonds is 3. The van der Waals surface area contributed by atoms with Crippen molar-refractivity contribution in [2.24, 2.45) is 5.14 Å². The fourth-order valence-electron chi connectivity index (χ4n) is 2.44. The topological polar surface area (TPSA) is 73.0 Å². The standard InChI is InChI=1S/C19H19FN2O2S2/c1-19(2,3)18-22-16(12-4-8-14(20)9-5-12)17(25-18)13-6-10-15(11-7-13)26(21,23)24/h4-11H,1-3H3,(H2,21,23,24). The number of nitrogens with zero attached hydrogens (tertiary/aromatic N) is 1. The van der Waals surface area contributed by atoms with E-state index in [1.807, 2.05) is 0 Å². The van der Waals surface area contributed by atoms with Crippen LogP contribution in [0.15, 0.2) is 53.4 Å². The zero-order chi connectivity index (χ0) is 19.1. The first kappa shape index (κ1) is 18.7. The van der Waals surface area contributed by atoms with E-state index in [4.69, 9.17) is 10.1 Å². The monoisotopic (exact) mass is 390 g/mol. The molecule has 0 radical (unpaired) electrons.